The van der Waals surface area contributed by atoms with E-state index in [1.807, 2.05) is 13.0 Å². The molecule has 0 aromatic carbocycles. The summed E-state index contributed by atoms with van der Waals surface area (Å²) in [6, 6.07) is 3.69. The van der Waals surface area contributed by atoms with E-state index in [9.17, 15) is 4.79 Å². The summed E-state index contributed by atoms with van der Waals surface area (Å²) in [6.07, 6.45) is 2.16. The van der Waals surface area contributed by atoms with E-state index in [0.29, 0.717) is 18.8 Å². The Labute approximate surface area is 94.5 Å². The van der Waals surface area contributed by atoms with Gasteiger partial charge in [-0.15, -0.1) is 0 Å². The fraction of sp³-hybridized carbons (Fsp3) is 0.455. The number of aromatic nitrogens is 2. The van der Waals surface area contributed by atoms with Gasteiger partial charge in [0.1, 0.15) is 11.7 Å². The van der Waals surface area contributed by atoms with Crippen molar-refractivity contribution >= 4 is 5.91 Å². The molecule has 1 N–H and O–H groups in total. The van der Waals surface area contributed by atoms with Crippen LogP contribution in [0.25, 0.3) is 0 Å². The molecular weight excluding hydrogens is 204 g/mol. The lowest BCUT2D eigenvalue weighted by Gasteiger charge is -2.07. The first kappa shape index (κ1) is 12.1. The van der Waals surface area contributed by atoms with Crippen LogP contribution in [0.5, 0.6) is 0 Å². The summed E-state index contributed by atoms with van der Waals surface area (Å²) in [5.41, 5.74) is 0.744. The van der Waals surface area contributed by atoms with Gasteiger partial charge in [-0.05, 0) is 19.4 Å². The van der Waals surface area contributed by atoms with Crippen molar-refractivity contribution in [2.45, 2.75) is 26.8 Å². The molecule has 0 bridgehead atoms. The lowest BCUT2D eigenvalue weighted by molar-refractivity contribution is -0.123. The molecule has 1 rings (SSSR count). The van der Waals surface area contributed by atoms with E-state index in [-0.39, 0.29) is 5.91 Å². The molecule has 0 saturated heterocycles. The highest BCUT2D eigenvalue weighted by atomic mass is 16.1. The number of hydrogen-bond donors (Lipinski definition) is 1. The molecule has 84 valence electrons. The molecule has 0 saturated carbocycles. The van der Waals surface area contributed by atoms with E-state index in [0.717, 1.165) is 5.69 Å². The highest BCUT2D eigenvalue weighted by Gasteiger charge is 2.14. The maximum Gasteiger partial charge on any atom is 0.237 e. The maximum absolute atomic E-state index is 11.5. The van der Waals surface area contributed by atoms with Gasteiger partial charge in [0, 0.05) is 6.20 Å². The van der Waals surface area contributed by atoms with E-state index < -0.39 is 5.92 Å². The summed E-state index contributed by atoms with van der Waals surface area (Å²) in [5, 5.41) is 11.4. The normalized spacial score (nSPS) is 11.6. The first-order valence-electron chi connectivity index (χ1n) is 5.13. The van der Waals surface area contributed by atoms with Crippen LogP contribution in [0.2, 0.25) is 0 Å². The lowest BCUT2D eigenvalue weighted by atomic mass is 10.1. The second kappa shape index (κ2) is 5.81. The van der Waals surface area contributed by atoms with Crippen LogP contribution in [0.3, 0.4) is 0 Å². The Balaban J connectivity index is 2.52. The van der Waals surface area contributed by atoms with Gasteiger partial charge in [-0.3, -0.25) is 4.79 Å². The van der Waals surface area contributed by atoms with Gasteiger partial charge in [0.25, 0.3) is 0 Å². The Hall–Kier alpha value is -1.96. The molecule has 0 spiro atoms. The van der Waals surface area contributed by atoms with Crippen LogP contribution in [0, 0.1) is 24.2 Å². The lowest BCUT2D eigenvalue weighted by Crippen LogP contribution is -2.29. The van der Waals surface area contributed by atoms with E-state index in [4.69, 9.17) is 5.26 Å². The second-order valence-corrected chi connectivity index (χ2v) is 3.40. The molecule has 16 heavy (non-hydrogen) atoms. The molecule has 5 heteroatoms. The van der Waals surface area contributed by atoms with E-state index in [1.54, 1.807) is 19.2 Å². The Kier molecular flexibility index (Phi) is 4.40. The molecule has 1 heterocycles. The Morgan fingerprint density at radius 2 is 2.44 bits per heavy atom. The molecule has 0 aliphatic heterocycles. The van der Waals surface area contributed by atoms with Crippen molar-refractivity contribution in [2.75, 3.05) is 0 Å². The van der Waals surface area contributed by atoms with Crippen LogP contribution < -0.4 is 5.32 Å². The fourth-order valence-corrected chi connectivity index (χ4v) is 1.24. The van der Waals surface area contributed by atoms with Crippen LogP contribution >= 0.6 is 0 Å². The van der Waals surface area contributed by atoms with Crippen molar-refractivity contribution in [3.05, 3.63) is 23.8 Å². The predicted molar refractivity (Wildman–Crippen MR) is 58.0 cm³/mol. The minimum atomic E-state index is -0.581. The predicted octanol–water partition coefficient (Wildman–Crippen LogP) is 0.951. The zero-order valence-electron chi connectivity index (χ0n) is 9.40. The molecular formula is C11H14N4O. The molecule has 1 atom stereocenters. The second-order valence-electron chi connectivity index (χ2n) is 3.40. The number of rotatable bonds is 4. The SMILES string of the molecule is CCC(C#N)C(=O)NCc1ccnc(C)n1. The van der Waals surface area contributed by atoms with Gasteiger partial charge < -0.3 is 5.32 Å². The van der Waals surface area contributed by atoms with E-state index in [1.165, 1.54) is 0 Å². The third kappa shape index (κ3) is 3.31. The Morgan fingerprint density at radius 3 is 3.00 bits per heavy atom. The van der Waals surface area contributed by atoms with Crippen molar-refractivity contribution in [3.8, 4) is 6.07 Å². The molecule has 5 nitrogen and oxygen atoms in total. The Morgan fingerprint density at radius 1 is 1.69 bits per heavy atom. The highest BCUT2D eigenvalue weighted by molar-refractivity contribution is 5.80. The van der Waals surface area contributed by atoms with Gasteiger partial charge in [-0.1, -0.05) is 6.92 Å². The standard InChI is InChI=1S/C11H14N4O/c1-3-9(6-12)11(16)14-7-10-4-5-13-8(2)15-10/h4-5,9H,3,7H2,1-2H3,(H,14,16). The van der Waals surface area contributed by atoms with Crippen LogP contribution in [0.1, 0.15) is 24.9 Å². The molecule has 1 amide bonds. The van der Waals surface area contributed by atoms with Crippen molar-refractivity contribution in [1.29, 1.82) is 5.26 Å². The number of aryl methyl sites for hydroxylation is 1. The number of nitriles is 1. The van der Waals surface area contributed by atoms with Crippen molar-refractivity contribution in [1.82, 2.24) is 15.3 Å². The molecule has 0 fully saturated rings. The summed E-state index contributed by atoms with van der Waals surface area (Å²) in [7, 11) is 0. The topological polar surface area (TPSA) is 78.7 Å². The first-order chi connectivity index (χ1) is 7.67. The van der Waals surface area contributed by atoms with Crippen LogP contribution in [-0.4, -0.2) is 15.9 Å². The number of carbonyl (C=O) groups excluding carboxylic acids is 1. The first-order valence-corrected chi connectivity index (χ1v) is 5.13. The number of nitrogens with zero attached hydrogens (tertiary/aromatic N) is 3. The molecule has 0 aliphatic carbocycles. The summed E-state index contributed by atoms with van der Waals surface area (Å²) >= 11 is 0. The van der Waals surface area contributed by atoms with Gasteiger partial charge in [0.2, 0.25) is 5.91 Å². The molecule has 0 aliphatic rings. The van der Waals surface area contributed by atoms with Crippen LogP contribution in [-0.2, 0) is 11.3 Å². The number of hydrogen-bond acceptors (Lipinski definition) is 4. The number of amides is 1. The summed E-state index contributed by atoms with van der Waals surface area (Å²) in [5.74, 6) is -0.164. The van der Waals surface area contributed by atoms with E-state index in [2.05, 4.69) is 15.3 Å². The third-order valence-electron chi connectivity index (χ3n) is 2.16. The van der Waals surface area contributed by atoms with Gasteiger partial charge in [0.05, 0.1) is 18.3 Å². The highest BCUT2D eigenvalue weighted by Crippen LogP contribution is 2.01. The minimum absolute atomic E-state index is 0.249. The number of nitrogens with one attached hydrogen (secondary N) is 1. The molecule has 1 aromatic heterocycles. The van der Waals surface area contributed by atoms with Crippen LogP contribution in [0.15, 0.2) is 12.3 Å². The van der Waals surface area contributed by atoms with Crippen molar-refractivity contribution in [2.24, 2.45) is 5.92 Å². The third-order valence-corrected chi connectivity index (χ3v) is 2.16. The average molecular weight is 218 g/mol. The zero-order chi connectivity index (χ0) is 12.0. The average Bonchev–Trinajstić information content (AvgIpc) is 2.28. The van der Waals surface area contributed by atoms with Gasteiger partial charge >= 0.3 is 0 Å². The van der Waals surface area contributed by atoms with E-state index >= 15 is 0 Å². The van der Waals surface area contributed by atoms with Crippen molar-refractivity contribution < 1.29 is 4.79 Å². The maximum atomic E-state index is 11.5. The van der Waals surface area contributed by atoms with Crippen LogP contribution in [0.4, 0.5) is 0 Å². The molecule has 1 aromatic rings. The quantitative estimate of drug-likeness (QED) is 0.816. The van der Waals surface area contributed by atoms with Gasteiger partial charge in [0.15, 0.2) is 0 Å². The summed E-state index contributed by atoms with van der Waals surface area (Å²) in [6.45, 7) is 3.93. The molecule has 0 radical (unpaired) electrons. The van der Waals surface area contributed by atoms with Gasteiger partial charge in [-0.2, -0.15) is 5.26 Å². The minimum Gasteiger partial charge on any atom is -0.349 e. The molecule has 1 unspecified atom stereocenters. The monoisotopic (exact) mass is 218 g/mol. The smallest absolute Gasteiger partial charge is 0.237 e. The Bertz CT molecular complexity index is 411. The van der Waals surface area contributed by atoms with Gasteiger partial charge in [-0.25, -0.2) is 9.97 Å². The summed E-state index contributed by atoms with van der Waals surface area (Å²) in [4.78, 5) is 19.6. The summed E-state index contributed by atoms with van der Waals surface area (Å²) < 4.78 is 0. The zero-order valence-corrected chi connectivity index (χ0v) is 9.40. The fourth-order valence-electron chi connectivity index (χ4n) is 1.24. The number of carbonyl (C=O) groups is 1. The largest absolute Gasteiger partial charge is 0.349 e. The van der Waals surface area contributed by atoms with Crippen molar-refractivity contribution in [3.63, 3.8) is 0 Å².